The molecule has 1 nitrogen and oxygen atoms in total. The van der Waals surface area contributed by atoms with E-state index in [1.54, 1.807) is 0 Å². The first-order chi connectivity index (χ1) is 6.86. The molecule has 2 heteroatoms. The third kappa shape index (κ3) is 4.77. The maximum absolute atomic E-state index is 6.05. The largest absolute Gasteiger partial charge is 1.00 e. The van der Waals surface area contributed by atoms with Crippen molar-refractivity contribution in [3.8, 4) is 0 Å². The second kappa shape index (κ2) is 7.83. The van der Waals surface area contributed by atoms with E-state index in [0.717, 1.165) is 18.4 Å². The van der Waals surface area contributed by atoms with Gasteiger partial charge in [-0.2, -0.15) is 12.8 Å². The second-order valence-corrected chi connectivity index (χ2v) is 5.10. The van der Waals surface area contributed by atoms with Gasteiger partial charge in [-0.25, -0.2) is 0 Å². The van der Waals surface area contributed by atoms with Gasteiger partial charge in [0.2, 0.25) is 0 Å². The van der Waals surface area contributed by atoms with E-state index >= 15 is 0 Å². The summed E-state index contributed by atoms with van der Waals surface area (Å²) in [6.07, 6.45) is 12.4. The summed E-state index contributed by atoms with van der Waals surface area (Å²) in [5, 5.41) is 0. The van der Waals surface area contributed by atoms with Gasteiger partial charge in [-0.1, -0.05) is 26.2 Å². The van der Waals surface area contributed by atoms with Crippen molar-refractivity contribution in [1.82, 2.24) is 0 Å². The molecule has 0 N–H and O–H groups in total. The second-order valence-electron chi connectivity index (χ2n) is 5.10. The Labute approximate surface area is 137 Å². The van der Waals surface area contributed by atoms with Gasteiger partial charge in [0, 0.05) is 12.7 Å². The molecule has 0 amide bonds. The normalized spacial score (nSPS) is 32.6. The molecule has 2 saturated carbocycles. The van der Waals surface area contributed by atoms with E-state index in [1.165, 1.54) is 44.9 Å². The molecule has 0 saturated heterocycles. The maximum Gasteiger partial charge on any atom is 1.00 e. The first kappa shape index (κ1) is 14.7. The average Bonchev–Trinajstić information content (AvgIpc) is 2.69. The summed E-state index contributed by atoms with van der Waals surface area (Å²) in [5.41, 5.74) is 0. The monoisotopic (exact) mass is 234 g/mol. The minimum atomic E-state index is 0. The molecule has 2 aliphatic carbocycles. The fourth-order valence-electron chi connectivity index (χ4n) is 2.75. The molecule has 0 aromatic heterocycles. The van der Waals surface area contributed by atoms with Crippen LogP contribution in [-0.4, -0.2) is 12.7 Å². The van der Waals surface area contributed by atoms with E-state index in [1.807, 2.05) is 0 Å². The number of hydrogen-bond acceptors (Lipinski definition) is 1. The Hall–Kier alpha value is 1.60. The molecule has 0 heterocycles. The fourth-order valence-corrected chi connectivity index (χ4v) is 2.75. The first-order valence-electron chi connectivity index (χ1n) is 6.29. The van der Waals surface area contributed by atoms with Crippen molar-refractivity contribution in [2.45, 2.75) is 58.0 Å². The Morgan fingerprint density at radius 1 is 1.20 bits per heavy atom. The summed E-state index contributed by atoms with van der Waals surface area (Å²) in [6.45, 7) is 3.37. The summed E-state index contributed by atoms with van der Waals surface area (Å²) < 4.78 is 6.05. The van der Waals surface area contributed by atoms with Crippen LogP contribution in [0.15, 0.2) is 0 Å². The molecule has 0 aliphatic heterocycles. The summed E-state index contributed by atoms with van der Waals surface area (Å²) in [4.78, 5) is 0. The molecule has 0 radical (unpaired) electrons. The van der Waals surface area contributed by atoms with Crippen molar-refractivity contribution < 1.29 is 56.1 Å². The minimum absolute atomic E-state index is 0. The van der Waals surface area contributed by atoms with Gasteiger partial charge in [0.1, 0.15) is 0 Å². The van der Waals surface area contributed by atoms with Crippen LogP contribution in [0.5, 0.6) is 0 Å². The summed E-state index contributed by atoms with van der Waals surface area (Å²) in [6, 6.07) is 0. The number of hydrogen-bond donors (Lipinski definition) is 0. The Balaban J connectivity index is 0.00000112. The summed E-state index contributed by atoms with van der Waals surface area (Å²) >= 11 is 0. The number of rotatable bonds is 3. The molecular formula is C13H23KO. The first-order valence-corrected chi connectivity index (χ1v) is 6.29. The van der Waals surface area contributed by atoms with E-state index < -0.39 is 0 Å². The molecule has 2 fully saturated rings. The van der Waals surface area contributed by atoms with Crippen LogP contribution in [0.4, 0.5) is 0 Å². The third-order valence-corrected chi connectivity index (χ3v) is 3.88. The van der Waals surface area contributed by atoms with Gasteiger partial charge >= 0.3 is 51.4 Å². The zero-order valence-corrected chi connectivity index (χ0v) is 13.5. The van der Waals surface area contributed by atoms with E-state index in [4.69, 9.17) is 4.74 Å². The standard InChI is InChI=1S/C13H23O.K/c1-11-6-2-5-9-13(11)14-10-12-7-3-4-8-12;/h5,11-13H,2-4,6-10H2,1H3;/q-1;+1. The number of ether oxygens (including phenoxy) is 1. The Morgan fingerprint density at radius 2 is 1.93 bits per heavy atom. The molecule has 2 aliphatic rings. The van der Waals surface area contributed by atoms with Crippen molar-refractivity contribution in [2.24, 2.45) is 11.8 Å². The fraction of sp³-hybridized carbons (Fsp3) is 0.923. The van der Waals surface area contributed by atoms with Gasteiger partial charge < -0.3 is 11.2 Å². The van der Waals surface area contributed by atoms with Crippen LogP contribution in [0, 0.1) is 18.3 Å². The minimum Gasteiger partial charge on any atom is -0.380 e. The maximum atomic E-state index is 6.05. The predicted octanol–water partition coefficient (Wildman–Crippen LogP) is 0.590. The molecule has 0 aromatic rings. The van der Waals surface area contributed by atoms with Crippen molar-refractivity contribution in [1.29, 1.82) is 0 Å². The van der Waals surface area contributed by atoms with Crippen LogP contribution < -0.4 is 51.4 Å². The predicted molar refractivity (Wildman–Crippen MR) is 59.0 cm³/mol. The van der Waals surface area contributed by atoms with E-state index in [2.05, 4.69) is 13.3 Å². The quantitative estimate of drug-likeness (QED) is 0.513. The molecule has 0 aromatic carbocycles. The molecule has 0 bridgehead atoms. The van der Waals surface area contributed by atoms with Crippen molar-refractivity contribution >= 4 is 0 Å². The summed E-state index contributed by atoms with van der Waals surface area (Å²) in [7, 11) is 0. The van der Waals surface area contributed by atoms with Gasteiger partial charge in [-0.05, 0) is 24.7 Å². The molecule has 0 spiro atoms. The van der Waals surface area contributed by atoms with Crippen LogP contribution in [0.1, 0.15) is 51.9 Å². The van der Waals surface area contributed by atoms with Gasteiger partial charge in [0.15, 0.2) is 0 Å². The van der Waals surface area contributed by atoms with Crippen LogP contribution in [-0.2, 0) is 4.74 Å². The van der Waals surface area contributed by atoms with Crippen LogP contribution in [0.2, 0.25) is 0 Å². The van der Waals surface area contributed by atoms with Gasteiger partial charge in [-0.15, -0.1) is 0 Å². The average molecular weight is 234 g/mol. The topological polar surface area (TPSA) is 9.23 Å². The molecule has 2 atom stereocenters. The smallest absolute Gasteiger partial charge is 0.380 e. The van der Waals surface area contributed by atoms with Crippen LogP contribution in [0.3, 0.4) is 0 Å². The van der Waals surface area contributed by atoms with E-state index in [0.29, 0.717) is 6.10 Å². The van der Waals surface area contributed by atoms with Gasteiger partial charge in [-0.3, -0.25) is 0 Å². The van der Waals surface area contributed by atoms with E-state index in [-0.39, 0.29) is 51.4 Å². The van der Waals surface area contributed by atoms with Crippen molar-refractivity contribution in [3.63, 3.8) is 0 Å². The SMILES string of the molecule is CC1CC[CH-]CC1OCC1CCCC1.[K+]. The summed E-state index contributed by atoms with van der Waals surface area (Å²) in [5.74, 6) is 1.66. The Bertz CT molecular complexity index is 166. The van der Waals surface area contributed by atoms with Gasteiger partial charge in [0.05, 0.1) is 0 Å². The zero-order chi connectivity index (χ0) is 9.80. The molecule has 82 valence electrons. The molecular weight excluding hydrogens is 211 g/mol. The van der Waals surface area contributed by atoms with Crippen LogP contribution >= 0.6 is 0 Å². The Morgan fingerprint density at radius 3 is 2.60 bits per heavy atom. The Kier molecular flexibility index (Phi) is 7.65. The van der Waals surface area contributed by atoms with Gasteiger partial charge in [0.25, 0.3) is 0 Å². The third-order valence-electron chi connectivity index (χ3n) is 3.88. The van der Waals surface area contributed by atoms with Crippen LogP contribution in [0.25, 0.3) is 0 Å². The molecule has 2 rings (SSSR count). The van der Waals surface area contributed by atoms with Crippen molar-refractivity contribution in [2.75, 3.05) is 6.61 Å². The molecule has 15 heavy (non-hydrogen) atoms. The zero-order valence-electron chi connectivity index (χ0n) is 10.4. The van der Waals surface area contributed by atoms with Crippen molar-refractivity contribution in [3.05, 3.63) is 6.42 Å². The van der Waals surface area contributed by atoms with E-state index in [9.17, 15) is 0 Å². The molecule has 2 unspecified atom stereocenters.